The molecule has 10 nitrogen and oxygen atoms in total. The van der Waals surface area contributed by atoms with Crippen molar-refractivity contribution in [2.24, 2.45) is 0 Å². The van der Waals surface area contributed by atoms with Gasteiger partial charge >= 0.3 is 0 Å². The molecule has 4 aromatic rings. The molecule has 0 atom stereocenters. The van der Waals surface area contributed by atoms with Gasteiger partial charge in [0, 0.05) is 37.1 Å². The number of fused-ring (bicyclic) bond motifs is 2. The number of H-pyrrole nitrogens is 1. The molecule has 0 aliphatic carbocycles. The molecule has 3 aromatic heterocycles. The van der Waals surface area contributed by atoms with Crippen molar-refractivity contribution < 1.29 is 4.92 Å². The van der Waals surface area contributed by atoms with Crippen LogP contribution < -0.4 is 15.4 Å². The second kappa shape index (κ2) is 7.02. The number of nitro groups is 1. The van der Waals surface area contributed by atoms with Crippen LogP contribution in [0.3, 0.4) is 0 Å². The van der Waals surface area contributed by atoms with Gasteiger partial charge in [0.2, 0.25) is 0 Å². The van der Waals surface area contributed by atoms with E-state index >= 15 is 0 Å². The molecular formula is C19H17N7O3S. The van der Waals surface area contributed by atoms with Gasteiger partial charge in [0.1, 0.15) is 22.7 Å². The van der Waals surface area contributed by atoms with Gasteiger partial charge in [-0.3, -0.25) is 14.9 Å². The highest BCUT2D eigenvalue weighted by molar-refractivity contribution is 7.18. The van der Waals surface area contributed by atoms with Crippen LogP contribution in [-0.2, 0) is 0 Å². The number of piperazine rings is 1. The van der Waals surface area contributed by atoms with Gasteiger partial charge in [0.05, 0.1) is 27.5 Å². The SMILES string of the molecule is Cc1cc2c(N3CCN(c4cc5nc[nH]c(=O)c5cc4[N+](=O)[O-])CC3)ncnc2s1. The maximum absolute atomic E-state index is 12.0. The first-order chi connectivity index (χ1) is 14.5. The Labute approximate surface area is 174 Å². The molecule has 30 heavy (non-hydrogen) atoms. The van der Waals surface area contributed by atoms with Crippen LogP contribution in [0.25, 0.3) is 21.1 Å². The number of anilines is 2. The summed E-state index contributed by atoms with van der Waals surface area (Å²) in [4.78, 5) is 45.0. The third kappa shape index (κ3) is 3.03. The number of aromatic amines is 1. The Balaban J connectivity index is 1.46. The summed E-state index contributed by atoms with van der Waals surface area (Å²) in [6.45, 7) is 4.55. The molecule has 0 spiro atoms. The van der Waals surface area contributed by atoms with Crippen LogP contribution >= 0.6 is 11.3 Å². The third-order valence-electron chi connectivity index (χ3n) is 5.28. The van der Waals surface area contributed by atoms with Gasteiger partial charge in [-0.1, -0.05) is 0 Å². The van der Waals surface area contributed by atoms with Crippen molar-refractivity contribution in [3.8, 4) is 0 Å². The zero-order valence-corrected chi connectivity index (χ0v) is 16.8. The fourth-order valence-electron chi connectivity index (χ4n) is 3.87. The number of thiophene rings is 1. The Hall–Kier alpha value is -3.60. The number of benzene rings is 1. The van der Waals surface area contributed by atoms with Crippen LogP contribution in [0.2, 0.25) is 0 Å². The fourth-order valence-corrected chi connectivity index (χ4v) is 4.71. The van der Waals surface area contributed by atoms with Crippen molar-refractivity contribution in [3.05, 3.63) is 56.2 Å². The maximum atomic E-state index is 12.0. The van der Waals surface area contributed by atoms with E-state index in [9.17, 15) is 14.9 Å². The summed E-state index contributed by atoms with van der Waals surface area (Å²) in [5, 5.41) is 12.9. The smallest absolute Gasteiger partial charge is 0.293 e. The lowest BCUT2D eigenvalue weighted by atomic mass is 10.1. The fraction of sp³-hybridized carbons (Fsp3) is 0.263. The molecule has 1 aliphatic rings. The van der Waals surface area contributed by atoms with Crippen molar-refractivity contribution in [2.45, 2.75) is 6.92 Å². The molecule has 1 aliphatic heterocycles. The van der Waals surface area contributed by atoms with E-state index in [0.29, 0.717) is 37.4 Å². The van der Waals surface area contributed by atoms with Gasteiger partial charge in [0.25, 0.3) is 11.2 Å². The molecule has 0 radical (unpaired) electrons. The second-order valence-corrected chi connectivity index (χ2v) is 8.33. The third-order valence-corrected chi connectivity index (χ3v) is 6.24. The Morgan fingerprint density at radius 3 is 2.60 bits per heavy atom. The van der Waals surface area contributed by atoms with Crippen LogP contribution in [0.1, 0.15) is 4.88 Å². The molecule has 5 rings (SSSR count). The summed E-state index contributed by atoms with van der Waals surface area (Å²) in [6.07, 6.45) is 2.89. The van der Waals surface area contributed by atoms with Gasteiger partial charge in [-0.25, -0.2) is 15.0 Å². The Morgan fingerprint density at radius 1 is 1.07 bits per heavy atom. The first kappa shape index (κ1) is 18.4. The summed E-state index contributed by atoms with van der Waals surface area (Å²) in [5.74, 6) is 0.894. The van der Waals surface area contributed by atoms with Crippen molar-refractivity contribution >= 4 is 49.6 Å². The van der Waals surface area contributed by atoms with Crippen LogP contribution in [0.4, 0.5) is 17.2 Å². The molecule has 11 heteroatoms. The van der Waals surface area contributed by atoms with Crippen molar-refractivity contribution in [3.63, 3.8) is 0 Å². The minimum absolute atomic E-state index is 0.0904. The molecular weight excluding hydrogens is 406 g/mol. The average molecular weight is 423 g/mol. The molecule has 1 fully saturated rings. The number of aromatic nitrogens is 4. The Morgan fingerprint density at radius 2 is 1.83 bits per heavy atom. The van der Waals surface area contributed by atoms with Gasteiger partial charge in [-0.2, -0.15) is 0 Å². The lowest BCUT2D eigenvalue weighted by Crippen LogP contribution is -2.47. The normalized spacial score (nSPS) is 14.6. The van der Waals surface area contributed by atoms with E-state index < -0.39 is 10.5 Å². The largest absolute Gasteiger partial charge is 0.362 e. The standard InChI is InChI=1S/C19H17N7O3S/c1-11-6-13-17(21-10-23-19(13)30-11)25-4-2-24(3-5-25)15-8-14-12(7-16(15)26(28)29)18(27)22-9-20-14/h6-10H,2-5H2,1H3,(H,20,22,27). The first-order valence-corrected chi connectivity index (χ1v) is 10.2. The molecule has 0 unspecified atom stereocenters. The number of hydrogen-bond donors (Lipinski definition) is 1. The molecule has 0 amide bonds. The number of nitro benzene ring substituents is 1. The maximum Gasteiger partial charge on any atom is 0.293 e. The zero-order chi connectivity index (χ0) is 20.8. The lowest BCUT2D eigenvalue weighted by Gasteiger charge is -2.36. The van der Waals surface area contributed by atoms with E-state index in [1.165, 1.54) is 17.3 Å². The molecule has 0 saturated carbocycles. The molecule has 0 bridgehead atoms. The number of aryl methyl sites for hydroxylation is 1. The second-order valence-electron chi connectivity index (χ2n) is 7.09. The number of rotatable bonds is 3. The molecule has 152 valence electrons. The quantitative estimate of drug-likeness (QED) is 0.394. The topological polar surface area (TPSA) is 121 Å². The van der Waals surface area contributed by atoms with Gasteiger partial charge in [-0.05, 0) is 19.1 Å². The van der Waals surface area contributed by atoms with E-state index in [-0.39, 0.29) is 11.1 Å². The predicted octanol–water partition coefficient (Wildman–Crippen LogP) is 2.47. The van der Waals surface area contributed by atoms with E-state index in [4.69, 9.17) is 0 Å². The monoisotopic (exact) mass is 423 g/mol. The van der Waals surface area contributed by atoms with E-state index in [2.05, 4.69) is 30.9 Å². The van der Waals surface area contributed by atoms with E-state index in [0.717, 1.165) is 16.0 Å². The number of nitrogens with zero attached hydrogens (tertiary/aromatic N) is 6. The van der Waals surface area contributed by atoms with Crippen molar-refractivity contribution in [1.29, 1.82) is 0 Å². The summed E-state index contributed by atoms with van der Waals surface area (Å²) < 4.78 is 0. The summed E-state index contributed by atoms with van der Waals surface area (Å²) in [5.41, 5.74) is 0.433. The van der Waals surface area contributed by atoms with Gasteiger partial charge in [0.15, 0.2) is 0 Å². The highest BCUT2D eigenvalue weighted by Crippen LogP contribution is 2.34. The van der Waals surface area contributed by atoms with Crippen molar-refractivity contribution in [2.75, 3.05) is 36.0 Å². The minimum atomic E-state index is -0.449. The average Bonchev–Trinajstić information content (AvgIpc) is 3.13. The highest BCUT2D eigenvalue weighted by Gasteiger charge is 2.26. The Bertz CT molecular complexity index is 1340. The minimum Gasteiger partial charge on any atom is -0.362 e. The van der Waals surface area contributed by atoms with Crippen LogP contribution in [0.5, 0.6) is 0 Å². The van der Waals surface area contributed by atoms with Crippen LogP contribution in [-0.4, -0.2) is 51.0 Å². The van der Waals surface area contributed by atoms with Crippen LogP contribution in [0, 0.1) is 17.0 Å². The molecule has 1 aromatic carbocycles. The van der Waals surface area contributed by atoms with Gasteiger partial charge < -0.3 is 14.8 Å². The zero-order valence-electron chi connectivity index (χ0n) is 16.0. The molecule has 1 N–H and O–H groups in total. The highest BCUT2D eigenvalue weighted by atomic mass is 32.1. The Kier molecular flexibility index (Phi) is 4.31. The molecule has 1 saturated heterocycles. The number of hydrogen-bond acceptors (Lipinski definition) is 9. The number of nitrogens with one attached hydrogen (secondary N) is 1. The predicted molar refractivity (Wildman–Crippen MR) is 116 cm³/mol. The van der Waals surface area contributed by atoms with E-state index in [1.807, 2.05) is 11.8 Å². The summed E-state index contributed by atoms with van der Waals surface area (Å²) in [6, 6.07) is 5.04. The summed E-state index contributed by atoms with van der Waals surface area (Å²) in [7, 11) is 0. The van der Waals surface area contributed by atoms with Crippen LogP contribution in [0.15, 0.2) is 35.6 Å². The molecule has 4 heterocycles. The lowest BCUT2D eigenvalue weighted by molar-refractivity contribution is -0.384. The van der Waals surface area contributed by atoms with E-state index in [1.54, 1.807) is 23.7 Å². The van der Waals surface area contributed by atoms with Gasteiger partial charge in [-0.15, -0.1) is 11.3 Å². The summed E-state index contributed by atoms with van der Waals surface area (Å²) >= 11 is 1.64. The van der Waals surface area contributed by atoms with Crippen molar-refractivity contribution in [1.82, 2.24) is 19.9 Å². The first-order valence-electron chi connectivity index (χ1n) is 9.38.